The van der Waals surface area contributed by atoms with Crippen molar-refractivity contribution in [1.82, 2.24) is 5.32 Å². The number of amides is 2. The summed E-state index contributed by atoms with van der Waals surface area (Å²) in [6.45, 7) is 2.88. The van der Waals surface area contributed by atoms with Crippen molar-refractivity contribution in [3.05, 3.63) is 65.5 Å². The first-order valence-corrected chi connectivity index (χ1v) is 8.27. The number of nitrogens with one attached hydrogen (secondary N) is 1. The van der Waals surface area contributed by atoms with Gasteiger partial charge in [0.15, 0.2) is 5.78 Å². The molecule has 0 aliphatic heterocycles. The molecule has 0 aromatic heterocycles. The molecule has 26 heavy (non-hydrogen) atoms. The molecule has 136 valence electrons. The summed E-state index contributed by atoms with van der Waals surface area (Å²) in [6.07, 6.45) is 0.359. The van der Waals surface area contributed by atoms with Crippen LogP contribution in [0.2, 0.25) is 0 Å². The average Bonchev–Trinajstić information content (AvgIpc) is 2.61. The van der Waals surface area contributed by atoms with Gasteiger partial charge in [0.25, 0.3) is 0 Å². The third kappa shape index (κ3) is 5.24. The van der Waals surface area contributed by atoms with E-state index >= 15 is 0 Å². The zero-order valence-corrected chi connectivity index (χ0v) is 14.8. The Bertz CT molecular complexity index is 820. The minimum Gasteiger partial charge on any atom is -0.354 e. The second kappa shape index (κ2) is 8.89. The first kappa shape index (κ1) is 19.3. The van der Waals surface area contributed by atoms with E-state index in [1.165, 1.54) is 24.8 Å². The highest BCUT2D eigenvalue weighted by atomic mass is 19.1. The summed E-state index contributed by atoms with van der Waals surface area (Å²) in [5, 5.41) is 2.68. The molecule has 5 nitrogen and oxygen atoms in total. The molecular weight excluding hydrogens is 335 g/mol. The molecule has 2 amide bonds. The number of Topliss-reactive ketones (excluding diaryl/α,β-unsaturated/α-hetero) is 1. The standard InChI is InChI=1S/C20H21FN2O3/c1-14(24)17-7-5-8-18(12-17)23(15(2)25)13-20(26)22-11-10-16-6-3-4-9-19(16)21/h3-9,12H,10-11,13H2,1-2H3,(H,22,26). The number of anilines is 1. The van der Waals surface area contributed by atoms with Crippen molar-refractivity contribution in [2.24, 2.45) is 0 Å². The molecule has 0 spiro atoms. The maximum Gasteiger partial charge on any atom is 0.240 e. The zero-order chi connectivity index (χ0) is 19.1. The lowest BCUT2D eigenvalue weighted by molar-refractivity contribution is -0.123. The van der Waals surface area contributed by atoms with Crippen molar-refractivity contribution in [1.29, 1.82) is 0 Å². The Kier molecular flexibility index (Phi) is 6.60. The van der Waals surface area contributed by atoms with E-state index in [9.17, 15) is 18.8 Å². The van der Waals surface area contributed by atoms with E-state index in [0.29, 0.717) is 23.2 Å². The number of halogens is 1. The number of rotatable bonds is 7. The molecule has 2 aromatic rings. The molecule has 0 fully saturated rings. The summed E-state index contributed by atoms with van der Waals surface area (Å²) in [4.78, 5) is 36.9. The molecule has 0 aliphatic carbocycles. The SMILES string of the molecule is CC(=O)c1cccc(N(CC(=O)NCCc2ccccc2F)C(C)=O)c1. The zero-order valence-electron chi connectivity index (χ0n) is 14.8. The number of carbonyl (C=O) groups excluding carboxylic acids is 3. The highest BCUT2D eigenvalue weighted by Crippen LogP contribution is 2.17. The molecule has 2 rings (SSSR count). The van der Waals surface area contributed by atoms with E-state index < -0.39 is 0 Å². The van der Waals surface area contributed by atoms with Crippen LogP contribution in [-0.2, 0) is 16.0 Å². The minimum atomic E-state index is -0.357. The molecule has 0 saturated carbocycles. The van der Waals surface area contributed by atoms with Crippen LogP contribution in [0.4, 0.5) is 10.1 Å². The molecule has 0 saturated heterocycles. The summed E-state index contributed by atoms with van der Waals surface area (Å²) in [7, 11) is 0. The minimum absolute atomic E-state index is 0.121. The van der Waals surface area contributed by atoms with E-state index in [1.807, 2.05) is 0 Å². The summed E-state index contributed by atoms with van der Waals surface area (Å²) >= 11 is 0. The highest BCUT2D eigenvalue weighted by molar-refractivity contribution is 6.00. The van der Waals surface area contributed by atoms with Gasteiger partial charge in [0, 0.05) is 24.7 Å². The number of benzene rings is 2. The van der Waals surface area contributed by atoms with Gasteiger partial charge in [-0.1, -0.05) is 30.3 Å². The fourth-order valence-corrected chi connectivity index (χ4v) is 2.51. The van der Waals surface area contributed by atoms with Crippen molar-refractivity contribution < 1.29 is 18.8 Å². The van der Waals surface area contributed by atoms with Gasteiger partial charge in [-0.2, -0.15) is 0 Å². The molecule has 2 aromatic carbocycles. The Labute approximate surface area is 151 Å². The molecular formula is C20H21FN2O3. The molecule has 0 heterocycles. The van der Waals surface area contributed by atoms with Gasteiger partial charge in [-0.05, 0) is 37.1 Å². The maximum absolute atomic E-state index is 13.6. The van der Waals surface area contributed by atoms with Crippen molar-refractivity contribution in [3.63, 3.8) is 0 Å². The van der Waals surface area contributed by atoms with Crippen LogP contribution in [-0.4, -0.2) is 30.7 Å². The number of hydrogen-bond donors (Lipinski definition) is 1. The second-order valence-electron chi connectivity index (χ2n) is 5.90. The van der Waals surface area contributed by atoms with Crippen molar-refractivity contribution in [3.8, 4) is 0 Å². The van der Waals surface area contributed by atoms with Gasteiger partial charge in [0.05, 0.1) is 0 Å². The number of carbonyl (C=O) groups is 3. The summed E-state index contributed by atoms with van der Waals surface area (Å²) in [6, 6.07) is 12.9. The third-order valence-corrected chi connectivity index (χ3v) is 3.92. The van der Waals surface area contributed by atoms with E-state index in [1.54, 1.807) is 42.5 Å². The fraction of sp³-hybridized carbons (Fsp3) is 0.250. The topological polar surface area (TPSA) is 66.5 Å². The summed E-state index contributed by atoms with van der Waals surface area (Å²) in [5.41, 5.74) is 1.47. The van der Waals surface area contributed by atoms with Crippen LogP contribution in [0.1, 0.15) is 29.8 Å². The molecule has 0 atom stereocenters. The molecule has 0 aliphatic rings. The molecule has 0 unspecified atom stereocenters. The summed E-state index contributed by atoms with van der Waals surface area (Å²) in [5.74, 6) is -1.10. The smallest absolute Gasteiger partial charge is 0.240 e. The predicted molar refractivity (Wildman–Crippen MR) is 97.6 cm³/mol. The van der Waals surface area contributed by atoms with Crippen LogP contribution in [0.15, 0.2) is 48.5 Å². The monoisotopic (exact) mass is 356 g/mol. The molecule has 6 heteroatoms. The van der Waals surface area contributed by atoms with Crippen LogP contribution < -0.4 is 10.2 Å². The van der Waals surface area contributed by atoms with Gasteiger partial charge >= 0.3 is 0 Å². The Balaban J connectivity index is 1.98. The van der Waals surface area contributed by atoms with Crippen LogP contribution in [0.25, 0.3) is 0 Å². The van der Waals surface area contributed by atoms with E-state index in [4.69, 9.17) is 0 Å². The molecule has 0 radical (unpaired) electrons. The maximum atomic E-state index is 13.6. The largest absolute Gasteiger partial charge is 0.354 e. The van der Waals surface area contributed by atoms with Crippen molar-refractivity contribution in [2.45, 2.75) is 20.3 Å². The van der Waals surface area contributed by atoms with Gasteiger partial charge in [0.1, 0.15) is 12.4 Å². The van der Waals surface area contributed by atoms with E-state index in [2.05, 4.69) is 5.32 Å². The first-order chi connectivity index (χ1) is 12.4. The van der Waals surface area contributed by atoms with Crippen LogP contribution in [0, 0.1) is 5.82 Å². The molecule has 1 N–H and O–H groups in total. The van der Waals surface area contributed by atoms with Crippen molar-refractivity contribution in [2.75, 3.05) is 18.0 Å². The first-order valence-electron chi connectivity index (χ1n) is 8.27. The second-order valence-corrected chi connectivity index (χ2v) is 5.90. The Hall–Kier alpha value is -3.02. The van der Waals surface area contributed by atoms with Gasteiger partial charge in [-0.25, -0.2) is 4.39 Å². The van der Waals surface area contributed by atoms with Gasteiger partial charge < -0.3 is 10.2 Å². The summed E-state index contributed by atoms with van der Waals surface area (Å²) < 4.78 is 13.6. The average molecular weight is 356 g/mol. The van der Waals surface area contributed by atoms with Gasteiger partial charge in [-0.15, -0.1) is 0 Å². The number of hydrogen-bond acceptors (Lipinski definition) is 3. The Morgan fingerprint density at radius 3 is 2.42 bits per heavy atom. The normalized spacial score (nSPS) is 10.3. The van der Waals surface area contributed by atoms with Crippen LogP contribution >= 0.6 is 0 Å². The van der Waals surface area contributed by atoms with E-state index in [-0.39, 0.29) is 36.5 Å². The molecule has 0 bridgehead atoms. The Morgan fingerprint density at radius 2 is 1.77 bits per heavy atom. The predicted octanol–water partition coefficient (Wildman–Crippen LogP) is 2.74. The highest BCUT2D eigenvalue weighted by Gasteiger charge is 2.16. The lowest BCUT2D eigenvalue weighted by atomic mass is 10.1. The van der Waals surface area contributed by atoms with Gasteiger partial charge in [0.2, 0.25) is 11.8 Å². The van der Waals surface area contributed by atoms with E-state index in [0.717, 1.165) is 0 Å². The Morgan fingerprint density at radius 1 is 1.04 bits per heavy atom. The third-order valence-electron chi connectivity index (χ3n) is 3.92. The van der Waals surface area contributed by atoms with Crippen LogP contribution in [0.3, 0.4) is 0 Å². The quantitative estimate of drug-likeness (QED) is 0.776. The lowest BCUT2D eigenvalue weighted by Gasteiger charge is -2.21. The lowest BCUT2D eigenvalue weighted by Crippen LogP contribution is -2.40. The van der Waals surface area contributed by atoms with Gasteiger partial charge in [-0.3, -0.25) is 14.4 Å². The number of ketones is 1. The van der Waals surface area contributed by atoms with Crippen LogP contribution in [0.5, 0.6) is 0 Å². The number of nitrogens with zero attached hydrogens (tertiary/aromatic N) is 1. The van der Waals surface area contributed by atoms with Crippen molar-refractivity contribution >= 4 is 23.3 Å². The fourth-order valence-electron chi connectivity index (χ4n) is 2.51.